The van der Waals surface area contributed by atoms with Gasteiger partial charge >= 0.3 is 0 Å². The largest absolute Gasteiger partial charge is 0.342 e. The Kier molecular flexibility index (Phi) is 4.77. The standard InChI is InChI=1S/C18H25FN2O/c1-14-8-10-20(11-9-14)18(22)13-21(16-6-7-16)12-15-4-2-3-5-17(15)19/h2-5,14,16H,6-13H2,1H3. The molecule has 1 aromatic carbocycles. The van der Waals surface area contributed by atoms with E-state index in [1.165, 1.54) is 6.07 Å². The van der Waals surface area contributed by atoms with Gasteiger partial charge in [-0.2, -0.15) is 0 Å². The van der Waals surface area contributed by atoms with Crippen molar-refractivity contribution in [2.75, 3.05) is 19.6 Å². The minimum absolute atomic E-state index is 0.174. The van der Waals surface area contributed by atoms with Gasteiger partial charge in [-0.15, -0.1) is 0 Å². The van der Waals surface area contributed by atoms with Gasteiger partial charge in [0.1, 0.15) is 5.82 Å². The molecule has 0 aromatic heterocycles. The molecule has 0 spiro atoms. The Morgan fingerprint density at radius 2 is 1.91 bits per heavy atom. The zero-order valence-corrected chi connectivity index (χ0v) is 13.3. The van der Waals surface area contributed by atoms with Crippen LogP contribution in [-0.4, -0.2) is 41.4 Å². The first-order valence-corrected chi connectivity index (χ1v) is 8.38. The van der Waals surface area contributed by atoms with Gasteiger partial charge in [0.25, 0.3) is 0 Å². The van der Waals surface area contributed by atoms with E-state index in [-0.39, 0.29) is 11.7 Å². The zero-order chi connectivity index (χ0) is 15.5. The van der Waals surface area contributed by atoms with E-state index in [1.807, 2.05) is 17.0 Å². The van der Waals surface area contributed by atoms with Gasteiger partial charge in [-0.3, -0.25) is 9.69 Å². The number of rotatable bonds is 5. The molecule has 0 radical (unpaired) electrons. The molecule has 0 unspecified atom stereocenters. The van der Waals surface area contributed by atoms with Crippen molar-refractivity contribution in [3.8, 4) is 0 Å². The molecule has 4 heteroatoms. The lowest BCUT2D eigenvalue weighted by Crippen LogP contribution is -2.44. The number of halogens is 1. The monoisotopic (exact) mass is 304 g/mol. The van der Waals surface area contributed by atoms with Gasteiger partial charge in [-0.1, -0.05) is 25.1 Å². The first-order chi connectivity index (χ1) is 10.6. The van der Waals surface area contributed by atoms with Crippen LogP contribution in [0.4, 0.5) is 4.39 Å². The first kappa shape index (κ1) is 15.5. The Labute approximate surface area is 132 Å². The molecule has 1 saturated heterocycles. The molecule has 2 fully saturated rings. The van der Waals surface area contributed by atoms with Crippen LogP contribution < -0.4 is 0 Å². The number of benzene rings is 1. The van der Waals surface area contributed by atoms with Crippen LogP contribution in [0.1, 0.15) is 38.2 Å². The lowest BCUT2D eigenvalue weighted by Gasteiger charge is -2.32. The van der Waals surface area contributed by atoms with Crippen LogP contribution in [0, 0.1) is 11.7 Å². The van der Waals surface area contributed by atoms with Crippen molar-refractivity contribution in [1.82, 2.24) is 9.80 Å². The topological polar surface area (TPSA) is 23.6 Å². The van der Waals surface area contributed by atoms with Crippen LogP contribution in [0.3, 0.4) is 0 Å². The smallest absolute Gasteiger partial charge is 0.236 e. The number of carbonyl (C=O) groups is 1. The number of carbonyl (C=O) groups excluding carboxylic acids is 1. The summed E-state index contributed by atoms with van der Waals surface area (Å²) >= 11 is 0. The summed E-state index contributed by atoms with van der Waals surface area (Å²) in [6.45, 7) is 4.95. The minimum Gasteiger partial charge on any atom is -0.342 e. The Bertz CT molecular complexity index is 522. The Morgan fingerprint density at radius 1 is 1.23 bits per heavy atom. The molecule has 0 N–H and O–H groups in total. The van der Waals surface area contributed by atoms with Gasteiger partial charge in [0.05, 0.1) is 6.54 Å². The van der Waals surface area contributed by atoms with Crippen LogP contribution >= 0.6 is 0 Å². The zero-order valence-electron chi connectivity index (χ0n) is 13.3. The molecule has 1 aliphatic heterocycles. The number of hydrogen-bond acceptors (Lipinski definition) is 2. The van der Waals surface area contributed by atoms with E-state index >= 15 is 0 Å². The fraction of sp³-hybridized carbons (Fsp3) is 0.611. The van der Waals surface area contributed by atoms with Gasteiger partial charge in [-0.05, 0) is 37.7 Å². The molecule has 1 saturated carbocycles. The summed E-state index contributed by atoms with van der Waals surface area (Å²) in [5.74, 6) is 0.754. The molecular weight excluding hydrogens is 279 g/mol. The average Bonchev–Trinajstić information content (AvgIpc) is 3.34. The number of nitrogens with zero attached hydrogens (tertiary/aromatic N) is 2. The lowest BCUT2D eigenvalue weighted by atomic mass is 9.99. The van der Waals surface area contributed by atoms with E-state index < -0.39 is 0 Å². The second kappa shape index (κ2) is 6.78. The van der Waals surface area contributed by atoms with Gasteiger partial charge in [0, 0.05) is 31.2 Å². The normalized spacial score (nSPS) is 19.7. The van der Waals surface area contributed by atoms with E-state index in [1.54, 1.807) is 6.07 Å². The highest BCUT2D eigenvalue weighted by atomic mass is 19.1. The molecular formula is C18H25FN2O. The summed E-state index contributed by atoms with van der Waals surface area (Å²) in [6, 6.07) is 7.33. The second-order valence-corrected chi connectivity index (χ2v) is 6.79. The Hall–Kier alpha value is -1.42. The van der Waals surface area contributed by atoms with E-state index in [9.17, 15) is 9.18 Å². The molecule has 3 nitrogen and oxygen atoms in total. The van der Waals surface area contributed by atoms with Crippen molar-refractivity contribution in [2.24, 2.45) is 5.92 Å². The Balaban J connectivity index is 1.60. The first-order valence-electron chi connectivity index (χ1n) is 8.38. The highest BCUT2D eigenvalue weighted by Crippen LogP contribution is 2.29. The van der Waals surface area contributed by atoms with Crippen LogP contribution in [0.2, 0.25) is 0 Å². The maximum absolute atomic E-state index is 13.8. The molecule has 0 atom stereocenters. The maximum Gasteiger partial charge on any atom is 0.236 e. The lowest BCUT2D eigenvalue weighted by molar-refractivity contribution is -0.134. The molecule has 2 aliphatic rings. The highest BCUT2D eigenvalue weighted by molar-refractivity contribution is 5.78. The molecule has 0 bridgehead atoms. The molecule has 1 aromatic rings. The van der Waals surface area contributed by atoms with Crippen molar-refractivity contribution < 1.29 is 9.18 Å². The summed E-state index contributed by atoms with van der Waals surface area (Å²) in [7, 11) is 0. The van der Waals surface area contributed by atoms with Crippen LogP contribution in [0.15, 0.2) is 24.3 Å². The average molecular weight is 304 g/mol. The fourth-order valence-electron chi connectivity index (χ4n) is 3.13. The molecule has 1 heterocycles. The third kappa shape index (κ3) is 3.86. The molecule has 1 aliphatic carbocycles. The molecule has 120 valence electrons. The van der Waals surface area contributed by atoms with Crippen molar-refractivity contribution in [1.29, 1.82) is 0 Å². The summed E-state index contributed by atoms with van der Waals surface area (Å²) < 4.78 is 13.8. The number of likely N-dealkylation sites (tertiary alicyclic amines) is 1. The van der Waals surface area contributed by atoms with E-state index in [0.717, 1.165) is 44.7 Å². The number of hydrogen-bond donors (Lipinski definition) is 0. The summed E-state index contributed by atoms with van der Waals surface area (Å²) in [5, 5.41) is 0. The van der Waals surface area contributed by atoms with E-state index in [4.69, 9.17) is 0 Å². The van der Waals surface area contributed by atoms with Crippen LogP contribution in [-0.2, 0) is 11.3 Å². The molecule has 3 rings (SSSR count). The summed E-state index contributed by atoms with van der Waals surface area (Å²) in [4.78, 5) is 16.6. The SMILES string of the molecule is CC1CCN(C(=O)CN(Cc2ccccc2F)C2CC2)CC1. The van der Waals surface area contributed by atoms with Gasteiger partial charge in [0.2, 0.25) is 5.91 Å². The third-order valence-electron chi connectivity index (χ3n) is 4.87. The highest BCUT2D eigenvalue weighted by Gasteiger charge is 2.32. The van der Waals surface area contributed by atoms with Gasteiger partial charge in [0.15, 0.2) is 0 Å². The predicted molar refractivity (Wildman–Crippen MR) is 84.8 cm³/mol. The maximum atomic E-state index is 13.8. The molecule has 1 amide bonds. The summed E-state index contributed by atoms with van der Waals surface area (Å²) in [6.07, 6.45) is 4.45. The van der Waals surface area contributed by atoms with Crippen LogP contribution in [0.25, 0.3) is 0 Å². The van der Waals surface area contributed by atoms with Crippen molar-refractivity contribution in [3.63, 3.8) is 0 Å². The second-order valence-electron chi connectivity index (χ2n) is 6.79. The fourth-order valence-corrected chi connectivity index (χ4v) is 3.13. The van der Waals surface area contributed by atoms with Crippen molar-refractivity contribution >= 4 is 5.91 Å². The number of amides is 1. The summed E-state index contributed by atoms with van der Waals surface area (Å²) in [5.41, 5.74) is 0.689. The van der Waals surface area contributed by atoms with Gasteiger partial charge < -0.3 is 4.90 Å². The molecule has 22 heavy (non-hydrogen) atoms. The van der Waals surface area contributed by atoms with Gasteiger partial charge in [-0.25, -0.2) is 4.39 Å². The van der Waals surface area contributed by atoms with Crippen LogP contribution in [0.5, 0.6) is 0 Å². The Morgan fingerprint density at radius 3 is 2.55 bits per heavy atom. The van der Waals surface area contributed by atoms with E-state index in [2.05, 4.69) is 11.8 Å². The van der Waals surface area contributed by atoms with E-state index in [0.29, 0.717) is 24.7 Å². The third-order valence-corrected chi connectivity index (χ3v) is 4.87. The van der Waals surface area contributed by atoms with Crippen molar-refractivity contribution in [2.45, 2.75) is 45.2 Å². The predicted octanol–water partition coefficient (Wildman–Crippen LogP) is 3.05. The van der Waals surface area contributed by atoms with Crippen molar-refractivity contribution in [3.05, 3.63) is 35.6 Å². The number of piperidine rings is 1. The quantitative estimate of drug-likeness (QED) is 0.835. The minimum atomic E-state index is -0.174.